The van der Waals surface area contributed by atoms with Gasteiger partial charge in [-0.1, -0.05) is 61.9 Å². The highest BCUT2D eigenvalue weighted by Gasteiger charge is 2.41. The highest BCUT2D eigenvalue weighted by Crippen LogP contribution is 2.57. The van der Waals surface area contributed by atoms with Crippen LogP contribution in [0.1, 0.15) is 67.3 Å². The van der Waals surface area contributed by atoms with E-state index < -0.39 is 28.6 Å². The number of hydrogen-bond acceptors (Lipinski definition) is 4. The predicted molar refractivity (Wildman–Crippen MR) is 174 cm³/mol. The van der Waals surface area contributed by atoms with E-state index in [1.807, 2.05) is 32.0 Å². The number of rotatable bonds is 3. The van der Waals surface area contributed by atoms with Gasteiger partial charge in [-0.05, 0) is 78.4 Å². The molecule has 0 saturated carbocycles. The average Bonchev–Trinajstić information content (AvgIpc) is 3.50. The summed E-state index contributed by atoms with van der Waals surface area (Å²) < 4.78 is 45.2. The average molecular weight is 620 g/mol. The normalized spacial score (nSPS) is 14.8. The molecule has 224 valence electrons. The molecule has 0 fully saturated rings. The monoisotopic (exact) mass is 619 g/mol. The second-order valence-electron chi connectivity index (χ2n) is 12.3. The SMILES string of the molecule is Cc1cc(C)c(-c2ccc3c(c2)C(C)(C)c2cc(C=C4C(=O)c5ccccc5C4=O)sc2N3c2c(F)cc(F)cc2F)c(C)c1. The summed E-state index contributed by atoms with van der Waals surface area (Å²) in [6.07, 6.45) is 1.56. The van der Waals surface area contributed by atoms with Gasteiger partial charge in [0.1, 0.15) is 16.5 Å². The van der Waals surface area contributed by atoms with E-state index in [4.69, 9.17) is 0 Å². The highest BCUT2D eigenvalue weighted by molar-refractivity contribution is 7.17. The van der Waals surface area contributed by atoms with Crippen molar-refractivity contribution in [3.63, 3.8) is 0 Å². The zero-order valence-corrected chi connectivity index (χ0v) is 26.1. The number of thiophene rings is 1. The van der Waals surface area contributed by atoms with Gasteiger partial charge in [0.25, 0.3) is 0 Å². The fraction of sp³-hybridized carbons (Fsp3) is 0.158. The van der Waals surface area contributed by atoms with Gasteiger partial charge >= 0.3 is 0 Å². The fourth-order valence-electron chi connectivity index (χ4n) is 6.88. The van der Waals surface area contributed by atoms with Crippen molar-refractivity contribution in [3.05, 3.63) is 140 Å². The summed E-state index contributed by atoms with van der Waals surface area (Å²) in [6.45, 7) is 10.3. The van der Waals surface area contributed by atoms with Crippen LogP contribution in [0.4, 0.5) is 29.5 Å². The highest BCUT2D eigenvalue weighted by atomic mass is 32.1. The number of fused-ring (bicyclic) bond motifs is 3. The Balaban J connectivity index is 1.46. The Morgan fingerprint density at radius 1 is 0.756 bits per heavy atom. The van der Waals surface area contributed by atoms with Crippen LogP contribution >= 0.6 is 11.3 Å². The van der Waals surface area contributed by atoms with Crippen LogP contribution in [0.15, 0.2) is 78.4 Å². The molecule has 0 unspecified atom stereocenters. The van der Waals surface area contributed by atoms with Crippen molar-refractivity contribution in [2.45, 2.75) is 40.0 Å². The first-order chi connectivity index (χ1) is 21.4. The third-order valence-corrected chi connectivity index (χ3v) is 9.95. The number of anilines is 3. The predicted octanol–water partition coefficient (Wildman–Crippen LogP) is 10.3. The topological polar surface area (TPSA) is 37.4 Å². The molecule has 0 radical (unpaired) electrons. The number of nitrogens with zero attached hydrogens (tertiary/aromatic N) is 1. The zero-order chi connectivity index (χ0) is 31.9. The Morgan fingerprint density at radius 2 is 1.36 bits per heavy atom. The second-order valence-corrected chi connectivity index (χ2v) is 13.4. The van der Waals surface area contributed by atoms with Gasteiger partial charge in [0, 0.05) is 33.6 Å². The molecule has 0 atom stereocenters. The standard InChI is InChI=1S/C38H28F3NO2S/c1-19-12-20(2)33(21(3)13-19)22-10-11-32-28(14-22)38(4,5)29-18-24(17-27-35(43)25-8-6-7-9-26(25)36(27)44)45-37(29)42(32)34-30(40)15-23(39)16-31(34)41/h6-18H,1-5H3. The Bertz CT molecular complexity index is 2070. The van der Waals surface area contributed by atoms with E-state index in [0.717, 1.165) is 38.9 Å². The van der Waals surface area contributed by atoms with E-state index in [1.54, 1.807) is 30.3 Å². The molecule has 0 bridgehead atoms. The van der Waals surface area contributed by atoms with Crippen LogP contribution in [0.3, 0.4) is 0 Å². The minimum absolute atomic E-state index is 0.0448. The number of hydrogen-bond donors (Lipinski definition) is 0. The lowest BCUT2D eigenvalue weighted by molar-refractivity contribution is 0.0990. The summed E-state index contributed by atoms with van der Waals surface area (Å²) in [5.41, 5.74) is 7.32. The maximum absolute atomic E-state index is 15.5. The smallest absolute Gasteiger partial charge is 0.197 e. The van der Waals surface area contributed by atoms with Crippen LogP contribution in [0.5, 0.6) is 0 Å². The van der Waals surface area contributed by atoms with Crippen LogP contribution in [0.25, 0.3) is 17.2 Å². The van der Waals surface area contributed by atoms with Crippen molar-refractivity contribution in [1.82, 2.24) is 0 Å². The van der Waals surface area contributed by atoms with Crippen LogP contribution < -0.4 is 4.90 Å². The number of aryl methyl sites for hydroxylation is 3. The third-order valence-electron chi connectivity index (χ3n) is 8.88. The first kappa shape index (κ1) is 29.0. The maximum Gasteiger partial charge on any atom is 0.197 e. The van der Waals surface area contributed by atoms with Crippen molar-refractivity contribution in [2.24, 2.45) is 0 Å². The molecule has 2 heterocycles. The molecule has 5 aromatic rings. The van der Waals surface area contributed by atoms with Gasteiger partial charge in [0.15, 0.2) is 23.2 Å². The number of ketones is 2. The molecule has 0 saturated heterocycles. The molecule has 0 N–H and O–H groups in total. The van der Waals surface area contributed by atoms with Crippen molar-refractivity contribution in [3.8, 4) is 11.1 Å². The van der Waals surface area contributed by atoms with Crippen LogP contribution in [0, 0.1) is 38.2 Å². The van der Waals surface area contributed by atoms with Crippen molar-refractivity contribution in [2.75, 3.05) is 4.90 Å². The summed E-state index contributed by atoms with van der Waals surface area (Å²) in [5.74, 6) is -3.80. The lowest BCUT2D eigenvalue weighted by atomic mass is 9.74. The second kappa shape index (κ2) is 10.1. The van der Waals surface area contributed by atoms with Gasteiger partial charge in [-0.3, -0.25) is 14.5 Å². The number of halogens is 3. The van der Waals surface area contributed by atoms with Crippen molar-refractivity contribution in [1.29, 1.82) is 0 Å². The molecular weight excluding hydrogens is 591 g/mol. The zero-order valence-electron chi connectivity index (χ0n) is 25.3. The van der Waals surface area contributed by atoms with Gasteiger partial charge in [-0.25, -0.2) is 13.2 Å². The molecule has 0 amide bonds. The van der Waals surface area contributed by atoms with Gasteiger partial charge in [0.2, 0.25) is 0 Å². The van der Waals surface area contributed by atoms with Crippen LogP contribution in [-0.2, 0) is 5.41 Å². The molecule has 7 heteroatoms. The van der Waals surface area contributed by atoms with Gasteiger partial charge in [0.05, 0.1) is 11.3 Å². The molecule has 45 heavy (non-hydrogen) atoms. The van der Waals surface area contributed by atoms with E-state index in [-0.39, 0.29) is 17.1 Å². The lowest BCUT2D eigenvalue weighted by Gasteiger charge is -2.40. The minimum Gasteiger partial charge on any atom is -0.296 e. The maximum atomic E-state index is 15.5. The molecule has 1 aromatic heterocycles. The molecule has 7 rings (SSSR count). The first-order valence-electron chi connectivity index (χ1n) is 14.6. The van der Waals surface area contributed by atoms with E-state index in [2.05, 4.69) is 39.0 Å². The van der Waals surface area contributed by atoms with Gasteiger partial charge in [-0.15, -0.1) is 11.3 Å². The summed E-state index contributed by atoms with van der Waals surface area (Å²) in [6, 6.07) is 20.0. The number of carbonyl (C=O) groups is 2. The fourth-order valence-corrected chi connectivity index (χ4v) is 8.16. The summed E-state index contributed by atoms with van der Waals surface area (Å²) in [4.78, 5) is 28.5. The van der Waals surface area contributed by atoms with E-state index in [1.165, 1.54) is 16.2 Å². The molecular formula is C38H28F3NO2S. The summed E-state index contributed by atoms with van der Waals surface area (Å²) in [5, 5.41) is 0.523. The Hall–Kier alpha value is -4.75. The molecule has 3 nitrogen and oxygen atoms in total. The minimum atomic E-state index is -1.04. The van der Waals surface area contributed by atoms with E-state index >= 15 is 8.78 Å². The quantitative estimate of drug-likeness (QED) is 0.149. The van der Waals surface area contributed by atoms with Gasteiger partial charge in [-0.2, -0.15) is 0 Å². The van der Waals surface area contributed by atoms with Crippen LogP contribution in [0.2, 0.25) is 0 Å². The summed E-state index contributed by atoms with van der Waals surface area (Å²) in [7, 11) is 0. The Kier molecular flexibility index (Phi) is 6.53. The van der Waals surface area contributed by atoms with Crippen LogP contribution in [-0.4, -0.2) is 11.6 Å². The van der Waals surface area contributed by atoms with Gasteiger partial charge < -0.3 is 0 Å². The van der Waals surface area contributed by atoms with E-state index in [9.17, 15) is 14.0 Å². The largest absolute Gasteiger partial charge is 0.296 e. The Morgan fingerprint density at radius 3 is 1.96 bits per heavy atom. The molecule has 1 aliphatic carbocycles. The third kappa shape index (κ3) is 4.40. The molecule has 2 aliphatic rings. The van der Waals surface area contributed by atoms with Crippen molar-refractivity contribution >= 4 is 45.4 Å². The number of carbonyl (C=O) groups excluding carboxylic acids is 2. The molecule has 4 aromatic carbocycles. The first-order valence-corrected chi connectivity index (χ1v) is 15.4. The number of Topliss-reactive ketones (excluding diaryl/α,β-unsaturated/α-hetero) is 2. The lowest BCUT2D eigenvalue weighted by Crippen LogP contribution is -2.30. The Labute approximate surface area is 263 Å². The number of allylic oxidation sites excluding steroid dienone is 1. The molecule has 1 aliphatic heterocycles. The van der Waals surface area contributed by atoms with Crippen molar-refractivity contribution < 1.29 is 22.8 Å². The number of benzene rings is 4. The summed E-state index contributed by atoms with van der Waals surface area (Å²) >= 11 is 1.22. The molecule has 0 spiro atoms. The van der Waals surface area contributed by atoms with E-state index in [0.29, 0.717) is 38.8 Å².